The maximum atomic E-state index is 11.7. The van der Waals surface area contributed by atoms with Crippen molar-refractivity contribution >= 4 is 17.7 Å². The minimum Gasteiger partial charge on any atom is -0.459 e. The molecule has 1 N–H and O–H groups in total. The number of hydrogen-bond donors (Lipinski definition) is 1. The predicted octanol–water partition coefficient (Wildman–Crippen LogP) is 1.42. The van der Waals surface area contributed by atoms with Crippen molar-refractivity contribution in [1.82, 2.24) is 5.32 Å². The second-order valence-corrected chi connectivity index (χ2v) is 6.03. The summed E-state index contributed by atoms with van der Waals surface area (Å²) in [5, 5.41) is 3.50. The maximum absolute atomic E-state index is 11.7. The molecule has 0 spiro atoms. The molecule has 3 nitrogen and oxygen atoms in total. The van der Waals surface area contributed by atoms with E-state index in [1.54, 1.807) is 0 Å². The highest BCUT2D eigenvalue weighted by Crippen LogP contribution is 2.20. The van der Waals surface area contributed by atoms with Crippen LogP contribution in [0.25, 0.3) is 0 Å². The van der Waals surface area contributed by atoms with Gasteiger partial charge in [-0.2, -0.15) is 11.8 Å². The lowest BCUT2D eigenvalue weighted by molar-refractivity contribution is -0.157. The zero-order valence-electron chi connectivity index (χ0n) is 9.29. The molecular formula is C10H19NO2S. The number of carbonyl (C=O) groups is 1. The smallest absolute Gasteiger partial charge is 0.324 e. The van der Waals surface area contributed by atoms with E-state index in [4.69, 9.17) is 4.74 Å². The van der Waals surface area contributed by atoms with E-state index >= 15 is 0 Å². The van der Waals surface area contributed by atoms with E-state index in [1.165, 1.54) is 0 Å². The fourth-order valence-corrected chi connectivity index (χ4v) is 2.37. The van der Waals surface area contributed by atoms with E-state index in [9.17, 15) is 4.79 Å². The molecule has 1 fully saturated rings. The molecule has 0 aliphatic carbocycles. The van der Waals surface area contributed by atoms with Crippen LogP contribution in [0, 0.1) is 0 Å². The van der Waals surface area contributed by atoms with Crippen molar-refractivity contribution < 1.29 is 9.53 Å². The molecule has 0 bridgehead atoms. The van der Waals surface area contributed by atoms with Crippen LogP contribution in [-0.2, 0) is 9.53 Å². The Morgan fingerprint density at radius 1 is 1.50 bits per heavy atom. The summed E-state index contributed by atoms with van der Waals surface area (Å²) in [5.41, 5.74) is -0.388. The van der Waals surface area contributed by atoms with Gasteiger partial charge in [0.25, 0.3) is 0 Å². The third-order valence-electron chi connectivity index (χ3n) is 1.98. The van der Waals surface area contributed by atoms with Gasteiger partial charge in [-0.15, -0.1) is 0 Å². The summed E-state index contributed by atoms with van der Waals surface area (Å²) in [6.45, 7) is 8.63. The van der Waals surface area contributed by atoms with Crippen molar-refractivity contribution in [2.24, 2.45) is 0 Å². The molecule has 82 valence electrons. The third-order valence-corrected chi connectivity index (χ3v) is 3.21. The van der Waals surface area contributed by atoms with Gasteiger partial charge in [0.05, 0.1) is 0 Å². The lowest BCUT2D eigenvalue weighted by Crippen LogP contribution is -2.50. The number of rotatable bonds is 1. The summed E-state index contributed by atoms with van der Waals surface area (Å²) in [6, 6.07) is -0.145. The molecule has 1 aliphatic heterocycles. The van der Waals surface area contributed by atoms with Gasteiger partial charge in [0.15, 0.2) is 0 Å². The van der Waals surface area contributed by atoms with E-state index in [0.717, 1.165) is 12.3 Å². The van der Waals surface area contributed by atoms with Crippen LogP contribution in [-0.4, -0.2) is 35.2 Å². The highest BCUT2D eigenvalue weighted by Gasteiger charge is 2.31. The quantitative estimate of drug-likeness (QED) is 0.674. The van der Waals surface area contributed by atoms with E-state index in [1.807, 2.05) is 32.5 Å². The summed E-state index contributed by atoms with van der Waals surface area (Å²) in [4.78, 5) is 11.7. The van der Waals surface area contributed by atoms with E-state index < -0.39 is 0 Å². The highest BCUT2D eigenvalue weighted by molar-refractivity contribution is 8.00. The average molecular weight is 217 g/mol. The minimum atomic E-state index is -0.388. The van der Waals surface area contributed by atoms with Gasteiger partial charge in [0.2, 0.25) is 0 Å². The van der Waals surface area contributed by atoms with E-state index in [0.29, 0.717) is 5.25 Å². The van der Waals surface area contributed by atoms with Crippen molar-refractivity contribution in [1.29, 1.82) is 0 Å². The Morgan fingerprint density at radius 2 is 2.14 bits per heavy atom. The lowest BCUT2D eigenvalue weighted by Gasteiger charge is -2.30. The van der Waals surface area contributed by atoms with Crippen LogP contribution >= 0.6 is 11.8 Å². The molecule has 1 rings (SSSR count). The lowest BCUT2D eigenvalue weighted by atomic mass is 10.1. The zero-order valence-corrected chi connectivity index (χ0v) is 10.1. The van der Waals surface area contributed by atoms with Crippen LogP contribution in [0.1, 0.15) is 27.7 Å². The van der Waals surface area contributed by atoms with Crippen LogP contribution in [0.4, 0.5) is 0 Å². The number of ether oxygens (including phenoxy) is 1. The summed E-state index contributed by atoms with van der Waals surface area (Å²) in [7, 11) is 0. The number of hydrogen-bond acceptors (Lipinski definition) is 4. The Bertz CT molecular complexity index is 213. The molecule has 0 aromatic heterocycles. The molecule has 0 aromatic rings. The van der Waals surface area contributed by atoms with Gasteiger partial charge in [-0.1, -0.05) is 6.92 Å². The maximum Gasteiger partial charge on any atom is 0.324 e. The molecular weight excluding hydrogens is 198 g/mol. The Labute approximate surface area is 90.0 Å². The molecule has 0 radical (unpaired) electrons. The second kappa shape index (κ2) is 4.53. The number of thioether (sulfide) groups is 1. The molecule has 0 amide bonds. The van der Waals surface area contributed by atoms with Crippen molar-refractivity contribution in [3.8, 4) is 0 Å². The minimum absolute atomic E-state index is 0.128. The molecule has 14 heavy (non-hydrogen) atoms. The third kappa shape index (κ3) is 3.50. The largest absolute Gasteiger partial charge is 0.459 e. The Kier molecular flexibility index (Phi) is 3.84. The number of esters is 1. The second-order valence-electron chi connectivity index (χ2n) is 4.54. The van der Waals surface area contributed by atoms with Gasteiger partial charge in [0, 0.05) is 17.5 Å². The molecule has 1 heterocycles. The van der Waals surface area contributed by atoms with Gasteiger partial charge in [-0.3, -0.25) is 4.79 Å². The fraction of sp³-hybridized carbons (Fsp3) is 0.900. The van der Waals surface area contributed by atoms with E-state index in [-0.39, 0.29) is 17.6 Å². The van der Waals surface area contributed by atoms with Crippen LogP contribution in [0.3, 0.4) is 0 Å². The predicted molar refractivity (Wildman–Crippen MR) is 59.6 cm³/mol. The topological polar surface area (TPSA) is 38.3 Å². The molecule has 0 saturated carbocycles. The van der Waals surface area contributed by atoms with Crippen LogP contribution in [0.2, 0.25) is 0 Å². The first-order valence-electron chi connectivity index (χ1n) is 4.98. The first kappa shape index (κ1) is 11.9. The monoisotopic (exact) mass is 217 g/mol. The Balaban J connectivity index is 2.50. The van der Waals surface area contributed by atoms with Crippen LogP contribution in [0.5, 0.6) is 0 Å². The first-order chi connectivity index (χ1) is 6.40. The summed E-state index contributed by atoms with van der Waals surface area (Å²) < 4.78 is 5.33. The fourth-order valence-electron chi connectivity index (χ4n) is 1.36. The van der Waals surface area contributed by atoms with Crippen molar-refractivity contribution in [3.05, 3.63) is 0 Å². The molecule has 0 aromatic carbocycles. The Hall–Kier alpha value is -0.220. The highest BCUT2D eigenvalue weighted by atomic mass is 32.2. The number of nitrogens with one attached hydrogen (secondary N) is 1. The SMILES string of the molecule is CC1SCCNC1C(=O)OC(C)(C)C. The molecule has 2 unspecified atom stereocenters. The van der Waals surface area contributed by atoms with Crippen molar-refractivity contribution in [2.45, 2.75) is 44.6 Å². The van der Waals surface area contributed by atoms with E-state index in [2.05, 4.69) is 12.2 Å². The zero-order chi connectivity index (χ0) is 10.8. The van der Waals surface area contributed by atoms with Gasteiger partial charge in [-0.05, 0) is 20.8 Å². The Morgan fingerprint density at radius 3 is 2.64 bits per heavy atom. The van der Waals surface area contributed by atoms with Gasteiger partial charge in [0.1, 0.15) is 11.6 Å². The summed E-state index contributed by atoms with van der Waals surface area (Å²) >= 11 is 1.82. The molecule has 1 saturated heterocycles. The van der Waals surface area contributed by atoms with Gasteiger partial charge < -0.3 is 10.1 Å². The number of carbonyl (C=O) groups excluding carboxylic acids is 1. The van der Waals surface area contributed by atoms with Crippen LogP contribution in [0.15, 0.2) is 0 Å². The normalized spacial score (nSPS) is 28.6. The van der Waals surface area contributed by atoms with Gasteiger partial charge in [-0.25, -0.2) is 0 Å². The van der Waals surface area contributed by atoms with Crippen molar-refractivity contribution in [2.75, 3.05) is 12.3 Å². The first-order valence-corrected chi connectivity index (χ1v) is 6.03. The summed E-state index contributed by atoms with van der Waals surface area (Å²) in [6.07, 6.45) is 0. The van der Waals surface area contributed by atoms with Crippen LogP contribution < -0.4 is 5.32 Å². The average Bonchev–Trinajstić information content (AvgIpc) is 2.01. The van der Waals surface area contributed by atoms with Crippen molar-refractivity contribution in [3.63, 3.8) is 0 Å². The van der Waals surface area contributed by atoms with Gasteiger partial charge >= 0.3 is 5.97 Å². The molecule has 4 heteroatoms. The molecule has 2 atom stereocenters. The standard InChI is InChI=1S/C10H19NO2S/c1-7-8(11-5-6-14-7)9(12)13-10(2,3)4/h7-8,11H,5-6H2,1-4H3. The summed E-state index contributed by atoms with van der Waals surface area (Å²) in [5.74, 6) is 0.942. The molecule has 1 aliphatic rings.